The average Bonchev–Trinajstić information content (AvgIpc) is 3.37. The maximum atomic E-state index is 3.58. The fourth-order valence-electron chi connectivity index (χ4n) is 2.65. The van der Waals surface area contributed by atoms with Crippen molar-refractivity contribution in [3.8, 4) is 11.1 Å². The van der Waals surface area contributed by atoms with Gasteiger partial charge in [0.05, 0.1) is 0 Å². The molecular formula is C20H25N. The average molecular weight is 279 g/mol. The summed E-state index contributed by atoms with van der Waals surface area (Å²) in [5.74, 6) is 0.646. The largest absolute Gasteiger partial charge is 0.310 e. The van der Waals surface area contributed by atoms with E-state index in [1.165, 1.54) is 41.5 Å². The molecule has 0 radical (unpaired) electrons. The molecule has 0 heterocycles. The Morgan fingerprint density at radius 3 is 2.48 bits per heavy atom. The van der Waals surface area contributed by atoms with Crippen molar-refractivity contribution in [1.29, 1.82) is 0 Å². The van der Waals surface area contributed by atoms with Gasteiger partial charge in [0.2, 0.25) is 0 Å². The van der Waals surface area contributed by atoms with Crippen molar-refractivity contribution in [3.05, 3.63) is 59.7 Å². The van der Waals surface area contributed by atoms with Crippen molar-refractivity contribution in [3.63, 3.8) is 0 Å². The summed E-state index contributed by atoms with van der Waals surface area (Å²) < 4.78 is 0. The lowest BCUT2D eigenvalue weighted by Crippen LogP contribution is -2.15. The molecule has 1 aliphatic carbocycles. The zero-order valence-corrected chi connectivity index (χ0v) is 13.1. The zero-order valence-electron chi connectivity index (χ0n) is 13.1. The van der Waals surface area contributed by atoms with Gasteiger partial charge in [0.1, 0.15) is 0 Å². The maximum absolute atomic E-state index is 3.58. The van der Waals surface area contributed by atoms with Crippen LogP contribution < -0.4 is 5.32 Å². The number of rotatable bonds is 6. The molecule has 110 valence electrons. The van der Waals surface area contributed by atoms with Crippen LogP contribution in [-0.4, -0.2) is 6.04 Å². The Hall–Kier alpha value is -1.60. The van der Waals surface area contributed by atoms with Gasteiger partial charge in [0, 0.05) is 12.6 Å². The van der Waals surface area contributed by atoms with Gasteiger partial charge in [-0.25, -0.2) is 0 Å². The van der Waals surface area contributed by atoms with Crippen LogP contribution in [0.1, 0.15) is 50.2 Å². The second-order valence-corrected chi connectivity index (χ2v) is 6.29. The van der Waals surface area contributed by atoms with E-state index < -0.39 is 0 Å². The van der Waals surface area contributed by atoms with E-state index in [1.807, 2.05) is 0 Å². The Morgan fingerprint density at radius 1 is 1.05 bits per heavy atom. The molecule has 0 aliphatic heterocycles. The molecule has 1 aliphatic rings. The van der Waals surface area contributed by atoms with E-state index in [-0.39, 0.29) is 0 Å². The minimum absolute atomic E-state index is 0.646. The third-order valence-corrected chi connectivity index (χ3v) is 4.52. The zero-order chi connectivity index (χ0) is 14.7. The van der Waals surface area contributed by atoms with Crippen molar-refractivity contribution in [1.82, 2.24) is 5.32 Å². The Kier molecular flexibility index (Phi) is 4.40. The minimum atomic E-state index is 0.646. The molecule has 2 aromatic rings. The molecule has 1 heteroatoms. The lowest BCUT2D eigenvalue weighted by molar-refractivity contribution is 0.688. The van der Waals surface area contributed by atoms with Crippen molar-refractivity contribution >= 4 is 0 Å². The third-order valence-electron chi connectivity index (χ3n) is 4.52. The van der Waals surface area contributed by atoms with Gasteiger partial charge in [-0.1, -0.05) is 56.3 Å². The van der Waals surface area contributed by atoms with Crippen LogP contribution in [0.5, 0.6) is 0 Å². The predicted molar refractivity (Wildman–Crippen MR) is 90.4 cm³/mol. The molecule has 0 aromatic heterocycles. The van der Waals surface area contributed by atoms with Gasteiger partial charge in [-0.15, -0.1) is 0 Å². The molecule has 1 N–H and O–H groups in total. The number of benzene rings is 2. The minimum Gasteiger partial charge on any atom is -0.310 e. The molecule has 1 atom stereocenters. The van der Waals surface area contributed by atoms with Crippen LogP contribution in [0, 0.1) is 0 Å². The predicted octanol–water partition coefficient (Wildman–Crippen LogP) is 5.12. The normalized spacial score (nSPS) is 15.9. The lowest BCUT2D eigenvalue weighted by Gasteiger charge is -2.11. The fourth-order valence-corrected chi connectivity index (χ4v) is 2.65. The molecule has 1 saturated carbocycles. The SMILES string of the molecule is CCC(C)c1ccc(-c2cccc(CNC3CC3)c2)cc1. The van der Waals surface area contributed by atoms with Gasteiger partial charge in [-0.05, 0) is 53.5 Å². The number of hydrogen-bond donors (Lipinski definition) is 1. The van der Waals surface area contributed by atoms with Crippen LogP contribution in [0.15, 0.2) is 48.5 Å². The summed E-state index contributed by atoms with van der Waals surface area (Å²) in [5.41, 5.74) is 5.45. The number of nitrogens with one attached hydrogen (secondary N) is 1. The summed E-state index contributed by atoms with van der Waals surface area (Å²) in [4.78, 5) is 0. The smallest absolute Gasteiger partial charge is 0.0208 e. The van der Waals surface area contributed by atoms with E-state index in [1.54, 1.807) is 0 Å². The van der Waals surface area contributed by atoms with E-state index in [0.29, 0.717) is 5.92 Å². The second-order valence-electron chi connectivity index (χ2n) is 6.29. The van der Waals surface area contributed by atoms with Crippen LogP contribution >= 0.6 is 0 Å². The van der Waals surface area contributed by atoms with Crippen LogP contribution in [0.3, 0.4) is 0 Å². The quantitative estimate of drug-likeness (QED) is 0.774. The fraction of sp³-hybridized carbons (Fsp3) is 0.400. The highest BCUT2D eigenvalue weighted by Crippen LogP contribution is 2.25. The molecule has 0 saturated heterocycles. The molecule has 0 spiro atoms. The van der Waals surface area contributed by atoms with E-state index >= 15 is 0 Å². The first kappa shape index (κ1) is 14.3. The number of hydrogen-bond acceptors (Lipinski definition) is 1. The Morgan fingerprint density at radius 2 is 1.81 bits per heavy atom. The summed E-state index contributed by atoms with van der Waals surface area (Å²) in [6, 6.07) is 18.7. The highest BCUT2D eigenvalue weighted by atomic mass is 14.9. The molecular weight excluding hydrogens is 254 g/mol. The Bertz CT molecular complexity index is 581. The summed E-state index contributed by atoms with van der Waals surface area (Å²) in [6.07, 6.45) is 3.88. The highest BCUT2D eigenvalue weighted by molar-refractivity contribution is 5.64. The first-order valence-corrected chi connectivity index (χ1v) is 8.19. The topological polar surface area (TPSA) is 12.0 Å². The molecule has 3 rings (SSSR count). The Balaban J connectivity index is 1.74. The molecule has 1 nitrogen and oxygen atoms in total. The van der Waals surface area contributed by atoms with Gasteiger partial charge in [0.25, 0.3) is 0 Å². The van der Waals surface area contributed by atoms with Crippen LogP contribution in [0.4, 0.5) is 0 Å². The van der Waals surface area contributed by atoms with Gasteiger partial charge >= 0.3 is 0 Å². The van der Waals surface area contributed by atoms with E-state index in [2.05, 4.69) is 67.7 Å². The summed E-state index contributed by atoms with van der Waals surface area (Å²) in [5, 5.41) is 3.58. The first-order valence-electron chi connectivity index (χ1n) is 8.19. The summed E-state index contributed by atoms with van der Waals surface area (Å²) in [6.45, 7) is 5.53. The molecule has 1 unspecified atom stereocenters. The van der Waals surface area contributed by atoms with Crippen molar-refractivity contribution in [2.75, 3.05) is 0 Å². The molecule has 0 bridgehead atoms. The second kappa shape index (κ2) is 6.44. The van der Waals surface area contributed by atoms with E-state index in [9.17, 15) is 0 Å². The maximum Gasteiger partial charge on any atom is 0.0208 e. The van der Waals surface area contributed by atoms with Gasteiger partial charge in [0.15, 0.2) is 0 Å². The highest BCUT2D eigenvalue weighted by Gasteiger charge is 2.19. The lowest BCUT2D eigenvalue weighted by atomic mass is 9.95. The molecule has 0 amide bonds. The van der Waals surface area contributed by atoms with E-state index in [4.69, 9.17) is 0 Å². The van der Waals surface area contributed by atoms with Crippen LogP contribution in [0.25, 0.3) is 11.1 Å². The van der Waals surface area contributed by atoms with Crippen molar-refractivity contribution in [2.24, 2.45) is 0 Å². The molecule has 21 heavy (non-hydrogen) atoms. The monoisotopic (exact) mass is 279 g/mol. The third kappa shape index (κ3) is 3.74. The van der Waals surface area contributed by atoms with Gasteiger partial charge in [-0.3, -0.25) is 0 Å². The van der Waals surface area contributed by atoms with E-state index in [0.717, 1.165) is 12.6 Å². The van der Waals surface area contributed by atoms with Crippen molar-refractivity contribution < 1.29 is 0 Å². The van der Waals surface area contributed by atoms with Crippen LogP contribution in [-0.2, 0) is 6.54 Å². The van der Waals surface area contributed by atoms with Gasteiger partial charge in [-0.2, -0.15) is 0 Å². The summed E-state index contributed by atoms with van der Waals surface area (Å²) >= 11 is 0. The molecule has 2 aromatic carbocycles. The Labute approximate surface area is 128 Å². The molecule has 1 fully saturated rings. The standard InChI is InChI=1S/C20H25N/c1-3-15(2)17-7-9-18(10-8-17)19-6-4-5-16(13-19)14-21-20-11-12-20/h4-10,13,15,20-21H,3,11-12,14H2,1-2H3. The van der Waals surface area contributed by atoms with Gasteiger partial charge < -0.3 is 5.32 Å². The van der Waals surface area contributed by atoms with Crippen molar-refractivity contribution in [2.45, 2.75) is 51.6 Å². The van der Waals surface area contributed by atoms with Crippen LogP contribution in [0.2, 0.25) is 0 Å². The summed E-state index contributed by atoms with van der Waals surface area (Å²) in [7, 11) is 0. The first-order chi connectivity index (χ1) is 10.3.